The molecular weight excluding hydrogens is 282 g/mol. The fraction of sp³-hybridized carbons (Fsp3) is 0.125. The molecule has 0 radical (unpaired) electrons. The molecule has 4 nitrogen and oxygen atoms in total. The van der Waals surface area contributed by atoms with E-state index < -0.39 is 0 Å². The first kappa shape index (κ1) is 13.6. The van der Waals surface area contributed by atoms with Crippen LogP contribution in [0.2, 0.25) is 0 Å². The maximum atomic E-state index is 5.76. The largest absolute Gasteiger partial charge is 0.489 e. The van der Waals surface area contributed by atoms with Crippen molar-refractivity contribution < 1.29 is 4.74 Å². The Balaban J connectivity index is 1.52. The molecule has 0 saturated heterocycles. The van der Waals surface area contributed by atoms with Crippen molar-refractivity contribution in [1.82, 2.24) is 9.59 Å². The van der Waals surface area contributed by atoms with E-state index in [1.807, 2.05) is 30.3 Å². The van der Waals surface area contributed by atoms with Crippen LogP contribution in [-0.4, -0.2) is 9.59 Å². The SMILES string of the molecule is c1ccc(COc2ccc(CNc3cnns3)cc2)cc1. The molecule has 0 spiro atoms. The minimum absolute atomic E-state index is 0.588. The lowest BCUT2D eigenvalue weighted by atomic mass is 10.2. The molecule has 2 aromatic carbocycles. The second kappa shape index (κ2) is 6.85. The van der Waals surface area contributed by atoms with E-state index in [4.69, 9.17) is 4.74 Å². The molecule has 0 atom stereocenters. The normalized spacial score (nSPS) is 10.3. The highest BCUT2D eigenvalue weighted by atomic mass is 32.1. The van der Waals surface area contributed by atoms with Crippen LogP contribution in [0.3, 0.4) is 0 Å². The molecule has 0 saturated carbocycles. The van der Waals surface area contributed by atoms with Gasteiger partial charge in [0.2, 0.25) is 0 Å². The molecule has 1 aromatic heterocycles. The Morgan fingerprint density at radius 1 is 0.952 bits per heavy atom. The number of rotatable bonds is 6. The zero-order chi connectivity index (χ0) is 14.3. The summed E-state index contributed by atoms with van der Waals surface area (Å²) in [6, 6.07) is 18.2. The Kier molecular flexibility index (Phi) is 4.43. The zero-order valence-corrected chi connectivity index (χ0v) is 12.2. The minimum atomic E-state index is 0.588. The van der Waals surface area contributed by atoms with Crippen LogP contribution in [0.15, 0.2) is 60.8 Å². The summed E-state index contributed by atoms with van der Waals surface area (Å²) in [6.07, 6.45) is 1.72. The van der Waals surface area contributed by atoms with E-state index in [-0.39, 0.29) is 0 Å². The molecule has 1 N–H and O–H groups in total. The molecule has 3 rings (SSSR count). The quantitative estimate of drug-likeness (QED) is 0.753. The number of aromatic nitrogens is 2. The maximum Gasteiger partial charge on any atom is 0.130 e. The number of anilines is 1. The average molecular weight is 297 g/mol. The van der Waals surface area contributed by atoms with Crippen molar-refractivity contribution in [2.45, 2.75) is 13.2 Å². The van der Waals surface area contributed by atoms with Gasteiger partial charge in [-0.15, -0.1) is 5.10 Å². The van der Waals surface area contributed by atoms with Gasteiger partial charge in [-0.3, -0.25) is 0 Å². The molecule has 0 aliphatic carbocycles. The zero-order valence-electron chi connectivity index (χ0n) is 11.4. The summed E-state index contributed by atoms with van der Waals surface area (Å²) >= 11 is 1.35. The van der Waals surface area contributed by atoms with Crippen molar-refractivity contribution >= 4 is 16.5 Å². The van der Waals surface area contributed by atoms with Gasteiger partial charge in [-0.2, -0.15) is 0 Å². The standard InChI is InChI=1S/C16H15N3OS/c1-2-4-14(5-3-1)12-20-15-8-6-13(7-9-15)10-17-16-11-18-19-21-16/h1-9,11,17H,10,12H2. The highest BCUT2D eigenvalue weighted by Gasteiger charge is 1.98. The van der Waals surface area contributed by atoms with Gasteiger partial charge in [0.05, 0.1) is 6.20 Å². The van der Waals surface area contributed by atoms with Gasteiger partial charge in [0.15, 0.2) is 0 Å². The summed E-state index contributed by atoms with van der Waals surface area (Å²) in [4.78, 5) is 0. The number of nitrogens with one attached hydrogen (secondary N) is 1. The van der Waals surface area contributed by atoms with Crippen LogP contribution >= 0.6 is 11.5 Å². The van der Waals surface area contributed by atoms with E-state index in [1.54, 1.807) is 6.20 Å². The number of ether oxygens (including phenoxy) is 1. The van der Waals surface area contributed by atoms with E-state index in [0.717, 1.165) is 17.3 Å². The second-order valence-corrected chi connectivity index (χ2v) is 5.34. The van der Waals surface area contributed by atoms with E-state index in [1.165, 1.54) is 22.7 Å². The number of hydrogen-bond acceptors (Lipinski definition) is 5. The van der Waals surface area contributed by atoms with Gasteiger partial charge in [-0.25, -0.2) is 0 Å². The van der Waals surface area contributed by atoms with Gasteiger partial charge in [0.1, 0.15) is 17.4 Å². The van der Waals surface area contributed by atoms with Crippen LogP contribution in [0, 0.1) is 0 Å². The lowest BCUT2D eigenvalue weighted by Gasteiger charge is -2.08. The Morgan fingerprint density at radius 3 is 2.48 bits per heavy atom. The monoisotopic (exact) mass is 297 g/mol. The van der Waals surface area contributed by atoms with Crippen LogP contribution in [0.4, 0.5) is 5.00 Å². The average Bonchev–Trinajstić information content (AvgIpc) is 3.06. The Hall–Kier alpha value is -2.40. The maximum absolute atomic E-state index is 5.76. The van der Waals surface area contributed by atoms with Crippen LogP contribution < -0.4 is 10.1 Å². The Morgan fingerprint density at radius 2 is 1.76 bits per heavy atom. The Labute approximate surface area is 127 Å². The van der Waals surface area contributed by atoms with Crippen molar-refractivity contribution in [3.63, 3.8) is 0 Å². The predicted octanol–water partition coefficient (Wildman–Crippen LogP) is 3.73. The third-order valence-electron chi connectivity index (χ3n) is 3.00. The third-order valence-corrected chi connectivity index (χ3v) is 3.62. The summed E-state index contributed by atoms with van der Waals surface area (Å²) in [7, 11) is 0. The van der Waals surface area contributed by atoms with Crippen molar-refractivity contribution in [1.29, 1.82) is 0 Å². The third kappa shape index (κ3) is 4.03. The van der Waals surface area contributed by atoms with Gasteiger partial charge in [0.25, 0.3) is 0 Å². The molecule has 0 unspecified atom stereocenters. The van der Waals surface area contributed by atoms with E-state index in [9.17, 15) is 0 Å². The Bertz CT molecular complexity index is 654. The fourth-order valence-corrected chi connectivity index (χ4v) is 2.29. The molecule has 106 valence electrons. The summed E-state index contributed by atoms with van der Waals surface area (Å²) in [5.41, 5.74) is 2.36. The minimum Gasteiger partial charge on any atom is -0.489 e. The van der Waals surface area contributed by atoms with E-state index >= 15 is 0 Å². The molecule has 21 heavy (non-hydrogen) atoms. The van der Waals surface area contributed by atoms with Crippen LogP contribution in [0.25, 0.3) is 0 Å². The summed E-state index contributed by atoms with van der Waals surface area (Å²) in [6.45, 7) is 1.34. The molecule has 5 heteroatoms. The molecule has 1 heterocycles. The molecular formula is C16H15N3OS. The highest BCUT2D eigenvalue weighted by molar-refractivity contribution is 7.09. The lowest BCUT2D eigenvalue weighted by Crippen LogP contribution is -1.98. The molecule has 0 bridgehead atoms. The number of benzene rings is 2. The van der Waals surface area contributed by atoms with Gasteiger partial charge >= 0.3 is 0 Å². The second-order valence-electron chi connectivity index (χ2n) is 4.55. The first-order chi connectivity index (χ1) is 10.4. The van der Waals surface area contributed by atoms with Crippen molar-refractivity contribution in [2.24, 2.45) is 0 Å². The smallest absolute Gasteiger partial charge is 0.130 e. The molecule has 0 amide bonds. The van der Waals surface area contributed by atoms with Gasteiger partial charge < -0.3 is 10.1 Å². The first-order valence-corrected chi connectivity index (χ1v) is 7.44. The van der Waals surface area contributed by atoms with Gasteiger partial charge in [-0.1, -0.05) is 47.0 Å². The lowest BCUT2D eigenvalue weighted by molar-refractivity contribution is 0.306. The van der Waals surface area contributed by atoms with Crippen LogP contribution in [0.1, 0.15) is 11.1 Å². The van der Waals surface area contributed by atoms with Crippen molar-refractivity contribution in [2.75, 3.05) is 5.32 Å². The van der Waals surface area contributed by atoms with Crippen LogP contribution in [-0.2, 0) is 13.2 Å². The van der Waals surface area contributed by atoms with Gasteiger partial charge in [0, 0.05) is 18.1 Å². The summed E-state index contributed by atoms with van der Waals surface area (Å²) in [5, 5.41) is 8.03. The predicted molar refractivity (Wildman–Crippen MR) is 84.5 cm³/mol. The van der Waals surface area contributed by atoms with E-state index in [2.05, 4.69) is 39.2 Å². The van der Waals surface area contributed by atoms with Crippen LogP contribution in [0.5, 0.6) is 5.75 Å². The first-order valence-electron chi connectivity index (χ1n) is 6.67. The van der Waals surface area contributed by atoms with Crippen molar-refractivity contribution in [3.8, 4) is 5.75 Å². The van der Waals surface area contributed by atoms with Crippen molar-refractivity contribution in [3.05, 3.63) is 71.9 Å². The molecule has 3 aromatic rings. The highest BCUT2D eigenvalue weighted by Crippen LogP contribution is 2.16. The number of nitrogens with zero attached hydrogens (tertiary/aromatic N) is 2. The van der Waals surface area contributed by atoms with E-state index in [0.29, 0.717) is 6.61 Å². The molecule has 0 aliphatic rings. The molecule has 0 aliphatic heterocycles. The van der Waals surface area contributed by atoms with Gasteiger partial charge in [-0.05, 0) is 23.3 Å². The summed E-state index contributed by atoms with van der Waals surface area (Å²) in [5.74, 6) is 0.877. The number of hydrogen-bond donors (Lipinski definition) is 1. The summed E-state index contributed by atoms with van der Waals surface area (Å²) < 4.78 is 9.57. The topological polar surface area (TPSA) is 47.0 Å². The fourth-order valence-electron chi connectivity index (χ4n) is 1.88. The molecule has 0 fully saturated rings.